The quantitative estimate of drug-likeness (QED) is 0.465. The first-order valence-electron chi connectivity index (χ1n) is 8.54. The van der Waals surface area contributed by atoms with E-state index in [4.69, 9.17) is 11.2 Å². The molecule has 0 bridgehead atoms. The third-order valence-electron chi connectivity index (χ3n) is 3.95. The van der Waals surface area contributed by atoms with Crippen LogP contribution in [0.25, 0.3) is 10.2 Å². The highest BCUT2D eigenvalue weighted by atomic mass is 32.2. The molecule has 4 nitrogen and oxygen atoms in total. The molecule has 0 N–H and O–H groups in total. The third-order valence-corrected chi connectivity index (χ3v) is 5.88. The van der Waals surface area contributed by atoms with E-state index in [1.807, 2.05) is 47.0 Å². The molecule has 27 heavy (non-hydrogen) atoms. The molecule has 0 atom stereocenters. The van der Waals surface area contributed by atoms with Crippen molar-refractivity contribution in [2.45, 2.75) is 24.8 Å². The predicted octanol–water partition coefficient (Wildman–Crippen LogP) is 4.13. The maximum Gasteiger partial charge on any atom is 0.252 e. The van der Waals surface area contributed by atoms with Gasteiger partial charge >= 0.3 is 0 Å². The highest BCUT2D eigenvalue weighted by Gasteiger charge is 2.09. The van der Waals surface area contributed by atoms with Crippen LogP contribution in [0.1, 0.15) is 12.5 Å². The zero-order valence-corrected chi connectivity index (χ0v) is 16.9. The molecule has 0 unspecified atom stereocenters. The van der Waals surface area contributed by atoms with E-state index >= 15 is 0 Å². The predicted molar refractivity (Wildman–Crippen MR) is 112 cm³/mol. The average Bonchev–Trinajstić information content (AvgIpc) is 3.00. The molecule has 6 heteroatoms. The third kappa shape index (κ3) is 4.62. The molecule has 0 radical (unpaired) electrons. The number of benzene rings is 2. The maximum atomic E-state index is 12.5. The Labute approximate surface area is 166 Å². The van der Waals surface area contributed by atoms with E-state index in [2.05, 4.69) is 17.8 Å². The number of terminal acetylenes is 1. The Balaban J connectivity index is 1.90. The van der Waals surface area contributed by atoms with Crippen LogP contribution in [0.3, 0.4) is 0 Å². The number of aromatic nitrogens is 1. The number of nitrogens with zero attached hydrogens (tertiary/aromatic N) is 2. The fourth-order valence-corrected chi connectivity index (χ4v) is 4.44. The minimum Gasteiger partial charge on any atom is -0.497 e. The lowest BCUT2D eigenvalue weighted by Crippen LogP contribution is -2.17. The molecule has 0 aliphatic carbocycles. The van der Waals surface area contributed by atoms with Crippen LogP contribution >= 0.6 is 23.1 Å². The molecule has 0 aliphatic rings. The maximum absolute atomic E-state index is 12.5. The zero-order chi connectivity index (χ0) is 19.2. The van der Waals surface area contributed by atoms with Gasteiger partial charge in [-0.3, -0.25) is 4.79 Å². The summed E-state index contributed by atoms with van der Waals surface area (Å²) in [5, 5.41) is 0. The largest absolute Gasteiger partial charge is 0.497 e. The molecule has 0 aliphatic heterocycles. The molecular formula is C21H20N2O2S2. The van der Waals surface area contributed by atoms with Gasteiger partial charge in [0.2, 0.25) is 0 Å². The van der Waals surface area contributed by atoms with E-state index in [9.17, 15) is 4.79 Å². The van der Waals surface area contributed by atoms with Crippen LogP contribution in [-0.4, -0.2) is 23.3 Å². The van der Waals surface area contributed by atoms with Crippen molar-refractivity contribution in [3.63, 3.8) is 0 Å². The topological polar surface area (TPSA) is 43.6 Å². The summed E-state index contributed by atoms with van der Waals surface area (Å²) in [6.07, 6.45) is 5.78. The molecule has 1 amide bonds. The van der Waals surface area contributed by atoms with E-state index < -0.39 is 0 Å². The van der Waals surface area contributed by atoms with Crippen molar-refractivity contribution in [2.24, 2.45) is 4.99 Å². The van der Waals surface area contributed by atoms with Gasteiger partial charge in [-0.25, -0.2) is 0 Å². The number of hydrogen-bond acceptors (Lipinski definition) is 4. The summed E-state index contributed by atoms with van der Waals surface area (Å²) in [5.74, 6) is 4.24. The number of carbonyl (C=O) groups excluding carboxylic acids is 1. The van der Waals surface area contributed by atoms with Gasteiger partial charge in [0, 0.05) is 4.90 Å². The Morgan fingerprint density at radius 1 is 1.30 bits per heavy atom. The standard InChI is InChI=1S/C21H20N2O2S2/c1-4-12-23-18-11-8-16(25-3)14-19(18)27-21(23)22-20(24)13-15-6-9-17(10-7-15)26-5-2/h1,6-11,14H,5,12-13H2,2-3H3. The van der Waals surface area contributed by atoms with Crippen LogP contribution in [0, 0.1) is 12.3 Å². The summed E-state index contributed by atoms with van der Waals surface area (Å²) in [4.78, 5) is 18.6. The molecule has 138 valence electrons. The van der Waals surface area contributed by atoms with E-state index in [-0.39, 0.29) is 12.3 Å². The highest BCUT2D eigenvalue weighted by molar-refractivity contribution is 7.99. The van der Waals surface area contributed by atoms with Gasteiger partial charge in [0.1, 0.15) is 5.75 Å². The van der Waals surface area contributed by atoms with Crippen molar-refractivity contribution in [1.82, 2.24) is 4.57 Å². The second kappa shape index (κ2) is 8.94. The number of fused-ring (bicyclic) bond motifs is 1. The van der Waals surface area contributed by atoms with Gasteiger partial charge in [-0.05, 0) is 41.6 Å². The monoisotopic (exact) mass is 396 g/mol. The van der Waals surface area contributed by atoms with Crippen LogP contribution in [0.15, 0.2) is 52.4 Å². The van der Waals surface area contributed by atoms with Crippen molar-refractivity contribution in [3.8, 4) is 18.1 Å². The van der Waals surface area contributed by atoms with Crippen molar-refractivity contribution in [3.05, 3.63) is 52.8 Å². The summed E-state index contributed by atoms with van der Waals surface area (Å²) in [6.45, 7) is 2.48. The minimum absolute atomic E-state index is 0.185. The minimum atomic E-state index is -0.185. The summed E-state index contributed by atoms with van der Waals surface area (Å²) >= 11 is 3.22. The number of carbonyl (C=O) groups is 1. The molecule has 0 saturated carbocycles. The summed E-state index contributed by atoms with van der Waals surface area (Å²) in [7, 11) is 1.63. The zero-order valence-electron chi connectivity index (χ0n) is 15.3. The molecule has 0 spiro atoms. The molecule has 0 saturated heterocycles. The fraction of sp³-hybridized carbons (Fsp3) is 0.238. The van der Waals surface area contributed by atoms with Crippen molar-refractivity contribution in [1.29, 1.82) is 0 Å². The van der Waals surface area contributed by atoms with Crippen LogP contribution < -0.4 is 9.54 Å². The molecule has 0 fully saturated rings. The smallest absolute Gasteiger partial charge is 0.252 e. The number of thioether (sulfide) groups is 1. The lowest BCUT2D eigenvalue weighted by Gasteiger charge is -2.02. The Morgan fingerprint density at radius 2 is 2.07 bits per heavy atom. The first-order chi connectivity index (χ1) is 13.1. The van der Waals surface area contributed by atoms with Crippen molar-refractivity contribution >= 4 is 39.2 Å². The van der Waals surface area contributed by atoms with Crippen LogP contribution in [0.4, 0.5) is 0 Å². The highest BCUT2D eigenvalue weighted by Crippen LogP contribution is 2.23. The van der Waals surface area contributed by atoms with Gasteiger partial charge < -0.3 is 9.30 Å². The Morgan fingerprint density at radius 3 is 2.74 bits per heavy atom. The van der Waals surface area contributed by atoms with Gasteiger partial charge in [0.25, 0.3) is 5.91 Å². The second-order valence-corrected chi connectivity index (χ2v) is 8.11. The SMILES string of the molecule is C#CCn1c(=NC(=O)Cc2ccc(SCC)cc2)sc2cc(OC)ccc21. The number of rotatable bonds is 6. The molecule has 3 rings (SSSR count). The summed E-state index contributed by atoms with van der Waals surface area (Å²) in [6, 6.07) is 13.8. The molecule has 1 heterocycles. The molecule has 3 aromatic rings. The van der Waals surface area contributed by atoms with Crippen LogP contribution in [-0.2, 0) is 17.8 Å². The normalized spacial score (nSPS) is 11.5. The molecule has 2 aromatic carbocycles. The van der Waals surface area contributed by atoms with E-state index in [1.165, 1.54) is 16.2 Å². The van der Waals surface area contributed by atoms with E-state index in [1.54, 1.807) is 18.9 Å². The van der Waals surface area contributed by atoms with Crippen LogP contribution in [0.5, 0.6) is 5.75 Å². The van der Waals surface area contributed by atoms with Crippen molar-refractivity contribution < 1.29 is 9.53 Å². The number of amides is 1. The second-order valence-electron chi connectivity index (χ2n) is 5.77. The van der Waals surface area contributed by atoms with Gasteiger partial charge in [0.15, 0.2) is 4.80 Å². The summed E-state index contributed by atoms with van der Waals surface area (Å²) in [5.41, 5.74) is 1.90. The molecule has 1 aromatic heterocycles. The van der Waals surface area contributed by atoms with E-state index in [0.717, 1.165) is 27.3 Å². The fourth-order valence-electron chi connectivity index (χ4n) is 2.70. The number of thiazole rings is 1. The van der Waals surface area contributed by atoms with Gasteiger partial charge in [-0.1, -0.05) is 36.3 Å². The van der Waals surface area contributed by atoms with Gasteiger partial charge in [-0.15, -0.1) is 18.2 Å². The Kier molecular flexibility index (Phi) is 6.38. The van der Waals surface area contributed by atoms with Gasteiger partial charge in [0.05, 0.1) is 30.3 Å². The van der Waals surface area contributed by atoms with E-state index in [0.29, 0.717) is 11.3 Å². The first-order valence-corrected chi connectivity index (χ1v) is 10.3. The lowest BCUT2D eigenvalue weighted by atomic mass is 10.1. The Bertz CT molecular complexity index is 1060. The number of hydrogen-bond donors (Lipinski definition) is 0. The van der Waals surface area contributed by atoms with Crippen LogP contribution in [0.2, 0.25) is 0 Å². The lowest BCUT2D eigenvalue weighted by molar-refractivity contribution is -0.117. The van der Waals surface area contributed by atoms with Crippen molar-refractivity contribution in [2.75, 3.05) is 12.9 Å². The number of ether oxygens (including phenoxy) is 1. The molecular weight excluding hydrogens is 376 g/mol. The summed E-state index contributed by atoms with van der Waals surface area (Å²) < 4.78 is 8.15. The number of methoxy groups -OCH3 is 1. The average molecular weight is 397 g/mol. The first kappa shape index (κ1) is 19.3. The Hall–Kier alpha value is -2.49. The van der Waals surface area contributed by atoms with Gasteiger partial charge in [-0.2, -0.15) is 4.99 Å².